The average Bonchev–Trinajstić information content (AvgIpc) is 2.85. The van der Waals surface area contributed by atoms with E-state index in [4.69, 9.17) is 16.3 Å². The third-order valence-electron chi connectivity index (χ3n) is 5.94. The van der Waals surface area contributed by atoms with Gasteiger partial charge < -0.3 is 15.0 Å². The highest BCUT2D eigenvalue weighted by atomic mass is 35.5. The molecule has 0 saturated carbocycles. The quantitative estimate of drug-likeness (QED) is 0.454. The van der Waals surface area contributed by atoms with Gasteiger partial charge in [-0.3, -0.25) is 9.10 Å². The lowest BCUT2D eigenvalue weighted by atomic mass is 9.98. The number of piperidine rings is 1. The molecular formula is C24H29ClF3N3O4S. The van der Waals surface area contributed by atoms with Crippen LogP contribution >= 0.6 is 11.6 Å². The summed E-state index contributed by atoms with van der Waals surface area (Å²) in [5, 5.41) is 3.05. The Morgan fingerprint density at radius 1 is 1.22 bits per heavy atom. The maximum Gasteiger partial charge on any atom is 0.416 e. The zero-order chi connectivity index (χ0) is 26.3. The van der Waals surface area contributed by atoms with Gasteiger partial charge in [-0.2, -0.15) is 13.2 Å². The number of hydrogen-bond donors (Lipinski definition) is 1. The van der Waals surface area contributed by atoms with Gasteiger partial charge in [0.1, 0.15) is 6.54 Å². The van der Waals surface area contributed by atoms with Crippen molar-refractivity contribution in [2.75, 3.05) is 50.7 Å². The van der Waals surface area contributed by atoms with Crippen molar-refractivity contribution in [3.05, 3.63) is 59.1 Å². The number of ether oxygens (including phenoxy) is 1. The standard InChI is InChI=1S/C24H29ClF3N3O4S/c1-35-13-11-29-15-18-6-5-12-30(16-18)23(32)17-31(36(33,34)20-7-3-2-4-8-20)22-14-19(24(26,27)28)9-10-21(22)25/h2-4,7-10,14,18,29H,5-6,11-13,15-17H2,1H3. The van der Waals surface area contributed by atoms with E-state index in [0.717, 1.165) is 25.0 Å². The molecule has 1 aliphatic rings. The summed E-state index contributed by atoms with van der Waals surface area (Å²) in [6.07, 6.45) is -3.09. The molecule has 7 nitrogen and oxygen atoms in total. The molecule has 0 aliphatic carbocycles. The van der Waals surface area contributed by atoms with Crippen molar-refractivity contribution in [1.82, 2.24) is 10.2 Å². The smallest absolute Gasteiger partial charge is 0.383 e. The molecule has 1 unspecified atom stereocenters. The Bertz CT molecular complexity index is 1130. The molecule has 0 spiro atoms. The number of likely N-dealkylation sites (tertiary alicyclic amines) is 1. The van der Waals surface area contributed by atoms with Gasteiger partial charge in [0.2, 0.25) is 5.91 Å². The summed E-state index contributed by atoms with van der Waals surface area (Å²) >= 11 is 6.19. The van der Waals surface area contributed by atoms with Crippen molar-refractivity contribution >= 4 is 33.2 Å². The van der Waals surface area contributed by atoms with E-state index in [2.05, 4.69) is 5.32 Å². The maximum absolute atomic E-state index is 13.5. The molecule has 2 aromatic rings. The van der Waals surface area contributed by atoms with E-state index in [1.54, 1.807) is 18.1 Å². The Kier molecular flexibility index (Phi) is 9.62. The van der Waals surface area contributed by atoms with Crippen LogP contribution in [0, 0.1) is 5.92 Å². The molecule has 1 amide bonds. The number of nitrogens with zero attached hydrogens (tertiary/aromatic N) is 2. The minimum Gasteiger partial charge on any atom is -0.383 e. The van der Waals surface area contributed by atoms with Crippen LogP contribution in [0.25, 0.3) is 0 Å². The maximum atomic E-state index is 13.5. The van der Waals surface area contributed by atoms with Crippen LogP contribution in [0.2, 0.25) is 5.02 Å². The van der Waals surface area contributed by atoms with E-state index in [-0.39, 0.29) is 15.8 Å². The Balaban J connectivity index is 1.90. The Morgan fingerprint density at radius 3 is 2.61 bits per heavy atom. The molecule has 0 aromatic heterocycles. The van der Waals surface area contributed by atoms with E-state index in [1.165, 1.54) is 24.3 Å². The molecule has 1 saturated heterocycles. The molecule has 3 rings (SSSR count). The number of benzene rings is 2. The molecule has 1 fully saturated rings. The first kappa shape index (κ1) is 28.2. The van der Waals surface area contributed by atoms with Crippen LogP contribution in [0.4, 0.5) is 18.9 Å². The lowest BCUT2D eigenvalue weighted by Crippen LogP contribution is -2.48. The highest BCUT2D eigenvalue weighted by molar-refractivity contribution is 7.92. The van der Waals surface area contributed by atoms with Crippen LogP contribution in [0.15, 0.2) is 53.4 Å². The van der Waals surface area contributed by atoms with Gasteiger partial charge in [0.15, 0.2) is 0 Å². The second-order valence-electron chi connectivity index (χ2n) is 8.53. The third-order valence-corrected chi connectivity index (χ3v) is 8.03. The first-order valence-electron chi connectivity index (χ1n) is 11.5. The number of rotatable bonds is 10. The van der Waals surface area contributed by atoms with Crippen molar-refractivity contribution < 1.29 is 31.1 Å². The predicted octanol–water partition coefficient (Wildman–Crippen LogP) is 4.03. The van der Waals surface area contributed by atoms with Crippen molar-refractivity contribution in [2.45, 2.75) is 23.9 Å². The number of sulfonamides is 1. The molecule has 2 aromatic carbocycles. The summed E-state index contributed by atoms with van der Waals surface area (Å²) < 4.78 is 73.0. The van der Waals surface area contributed by atoms with Crippen molar-refractivity contribution in [1.29, 1.82) is 0 Å². The molecular weight excluding hydrogens is 519 g/mol. The fourth-order valence-electron chi connectivity index (χ4n) is 4.06. The lowest BCUT2D eigenvalue weighted by Gasteiger charge is -2.35. The highest BCUT2D eigenvalue weighted by Gasteiger charge is 2.35. The van der Waals surface area contributed by atoms with Crippen LogP contribution in [0.3, 0.4) is 0 Å². The van der Waals surface area contributed by atoms with Gasteiger partial charge >= 0.3 is 6.18 Å². The highest BCUT2D eigenvalue weighted by Crippen LogP contribution is 2.37. The van der Waals surface area contributed by atoms with Crippen molar-refractivity contribution in [3.8, 4) is 0 Å². The number of halogens is 4. The predicted molar refractivity (Wildman–Crippen MR) is 131 cm³/mol. The van der Waals surface area contributed by atoms with E-state index in [9.17, 15) is 26.4 Å². The van der Waals surface area contributed by atoms with Gasteiger partial charge in [-0.05, 0) is 55.6 Å². The molecule has 1 atom stereocenters. The largest absolute Gasteiger partial charge is 0.416 e. The molecule has 1 N–H and O–H groups in total. The van der Waals surface area contributed by atoms with E-state index < -0.39 is 39.9 Å². The summed E-state index contributed by atoms with van der Waals surface area (Å²) in [5.74, 6) is -0.347. The Labute approximate surface area is 214 Å². The third kappa shape index (κ3) is 7.12. The van der Waals surface area contributed by atoms with Crippen LogP contribution in [0.5, 0.6) is 0 Å². The van der Waals surface area contributed by atoms with Gasteiger partial charge in [-0.1, -0.05) is 29.8 Å². The van der Waals surface area contributed by atoms with Crippen LogP contribution in [-0.2, 0) is 25.7 Å². The van der Waals surface area contributed by atoms with Crippen LogP contribution in [0.1, 0.15) is 18.4 Å². The number of carbonyl (C=O) groups excluding carboxylic acids is 1. The van der Waals surface area contributed by atoms with E-state index >= 15 is 0 Å². The summed E-state index contributed by atoms with van der Waals surface area (Å²) in [6.45, 7) is 2.05. The zero-order valence-corrected chi connectivity index (χ0v) is 21.4. The number of amides is 1. The monoisotopic (exact) mass is 547 g/mol. The lowest BCUT2D eigenvalue weighted by molar-refractivity contribution is -0.137. The van der Waals surface area contributed by atoms with Crippen molar-refractivity contribution in [3.63, 3.8) is 0 Å². The second kappa shape index (κ2) is 12.3. The fraction of sp³-hybridized carbons (Fsp3) is 0.458. The molecule has 1 heterocycles. The zero-order valence-electron chi connectivity index (χ0n) is 19.8. The minimum atomic E-state index is -4.72. The van der Waals surface area contributed by atoms with Gasteiger partial charge in [0.25, 0.3) is 10.0 Å². The fourth-order valence-corrected chi connectivity index (χ4v) is 5.78. The van der Waals surface area contributed by atoms with Crippen LogP contribution in [-0.4, -0.2) is 65.7 Å². The van der Waals surface area contributed by atoms with Crippen molar-refractivity contribution in [2.24, 2.45) is 5.92 Å². The second-order valence-corrected chi connectivity index (χ2v) is 10.8. The number of methoxy groups -OCH3 is 1. The normalized spacial score (nSPS) is 16.7. The molecule has 0 bridgehead atoms. The Hall–Kier alpha value is -2.34. The Morgan fingerprint density at radius 2 is 1.94 bits per heavy atom. The molecule has 12 heteroatoms. The molecule has 198 valence electrons. The van der Waals surface area contributed by atoms with E-state index in [1.807, 2.05) is 0 Å². The number of nitrogens with one attached hydrogen (secondary N) is 1. The summed E-state index contributed by atoms with van der Waals surface area (Å²) in [7, 11) is -2.79. The summed E-state index contributed by atoms with van der Waals surface area (Å²) in [4.78, 5) is 14.7. The molecule has 36 heavy (non-hydrogen) atoms. The first-order valence-corrected chi connectivity index (χ1v) is 13.3. The number of carbonyl (C=O) groups is 1. The summed E-state index contributed by atoms with van der Waals surface area (Å²) in [5.41, 5.74) is -1.47. The topological polar surface area (TPSA) is 79.0 Å². The van der Waals surface area contributed by atoms with Gasteiger partial charge in [-0.25, -0.2) is 8.42 Å². The SMILES string of the molecule is COCCNCC1CCCN(C(=O)CN(c2cc(C(F)(F)F)ccc2Cl)S(=O)(=O)c2ccccc2)C1. The first-order chi connectivity index (χ1) is 17.0. The number of hydrogen-bond acceptors (Lipinski definition) is 5. The summed E-state index contributed by atoms with van der Waals surface area (Å²) in [6, 6.07) is 9.65. The minimum absolute atomic E-state index is 0.162. The van der Waals surface area contributed by atoms with E-state index in [0.29, 0.717) is 43.2 Å². The average molecular weight is 548 g/mol. The van der Waals surface area contributed by atoms with Crippen LogP contribution < -0.4 is 9.62 Å². The van der Waals surface area contributed by atoms with Gasteiger partial charge in [0, 0.05) is 26.7 Å². The number of anilines is 1. The van der Waals surface area contributed by atoms with Gasteiger partial charge in [0.05, 0.1) is 27.8 Å². The molecule has 0 radical (unpaired) electrons. The number of alkyl halides is 3. The molecule has 1 aliphatic heterocycles. The van der Waals surface area contributed by atoms with Gasteiger partial charge in [-0.15, -0.1) is 0 Å².